The average Bonchev–Trinajstić information content (AvgIpc) is 2.98. The van der Waals surface area contributed by atoms with Crippen molar-refractivity contribution in [3.8, 4) is 6.07 Å². The quantitative estimate of drug-likeness (QED) is 0.888. The van der Waals surface area contributed by atoms with E-state index < -0.39 is 0 Å². The van der Waals surface area contributed by atoms with Crippen molar-refractivity contribution in [3.63, 3.8) is 0 Å². The van der Waals surface area contributed by atoms with Gasteiger partial charge in [0.15, 0.2) is 0 Å². The molecule has 1 unspecified atom stereocenters. The van der Waals surface area contributed by atoms with Crippen LogP contribution in [-0.2, 0) is 0 Å². The summed E-state index contributed by atoms with van der Waals surface area (Å²) in [6.45, 7) is 4.21. The monoisotopic (exact) mass is 248 g/mol. The molecule has 1 saturated carbocycles. The number of nitrogens with one attached hydrogen (secondary N) is 1. The van der Waals surface area contributed by atoms with E-state index in [2.05, 4.69) is 20.7 Å². The Morgan fingerprint density at radius 2 is 2.29 bits per heavy atom. The highest BCUT2D eigenvalue weighted by atomic mass is 32.1. The number of nitrogens with zero attached hydrogens (tertiary/aromatic N) is 3. The molecule has 1 aliphatic carbocycles. The van der Waals surface area contributed by atoms with Crippen LogP contribution in [0, 0.1) is 18.3 Å². The highest BCUT2D eigenvalue weighted by Crippen LogP contribution is 2.32. The van der Waals surface area contributed by atoms with E-state index >= 15 is 0 Å². The number of aryl methyl sites for hydroxylation is 1. The number of likely N-dealkylation sites (tertiary alicyclic amines) is 1. The summed E-state index contributed by atoms with van der Waals surface area (Å²) >= 11 is 1.41. The van der Waals surface area contributed by atoms with Crippen LogP contribution in [0.1, 0.15) is 30.5 Å². The molecule has 1 aromatic rings. The fraction of sp³-hybridized carbons (Fsp3) is 0.667. The van der Waals surface area contributed by atoms with Crippen molar-refractivity contribution in [1.29, 1.82) is 5.26 Å². The van der Waals surface area contributed by atoms with Gasteiger partial charge in [-0.3, -0.25) is 4.90 Å². The van der Waals surface area contributed by atoms with Gasteiger partial charge < -0.3 is 5.32 Å². The van der Waals surface area contributed by atoms with Gasteiger partial charge in [-0.25, -0.2) is 0 Å². The first-order chi connectivity index (χ1) is 8.28. The molecule has 0 bridgehead atoms. The molecule has 1 aromatic heterocycles. The van der Waals surface area contributed by atoms with Crippen LogP contribution in [0.3, 0.4) is 0 Å². The van der Waals surface area contributed by atoms with E-state index in [0.29, 0.717) is 6.04 Å². The molecule has 1 saturated heterocycles. The molecule has 5 heteroatoms. The summed E-state index contributed by atoms with van der Waals surface area (Å²) in [5.41, 5.74) is 1.57. The number of nitriles is 1. The van der Waals surface area contributed by atoms with Crippen molar-refractivity contribution >= 4 is 16.5 Å². The van der Waals surface area contributed by atoms with Crippen LogP contribution in [0.2, 0.25) is 0 Å². The minimum Gasteiger partial charge on any atom is -0.370 e. The lowest BCUT2D eigenvalue weighted by atomic mass is 10.2. The molecule has 0 spiro atoms. The summed E-state index contributed by atoms with van der Waals surface area (Å²) in [6.07, 6.45) is 3.92. The Morgan fingerprint density at radius 1 is 1.47 bits per heavy atom. The van der Waals surface area contributed by atoms with Gasteiger partial charge in [0.05, 0.1) is 5.69 Å². The van der Waals surface area contributed by atoms with E-state index in [-0.39, 0.29) is 0 Å². The van der Waals surface area contributed by atoms with Crippen LogP contribution in [-0.4, -0.2) is 34.4 Å². The fourth-order valence-electron chi connectivity index (χ4n) is 2.46. The topological polar surface area (TPSA) is 52.0 Å². The van der Waals surface area contributed by atoms with Crippen molar-refractivity contribution in [2.45, 2.75) is 38.3 Å². The normalized spacial score (nSPS) is 24.8. The molecule has 0 radical (unpaired) electrons. The van der Waals surface area contributed by atoms with Crippen molar-refractivity contribution in [3.05, 3.63) is 11.3 Å². The first-order valence-electron chi connectivity index (χ1n) is 6.15. The fourth-order valence-corrected chi connectivity index (χ4v) is 3.29. The van der Waals surface area contributed by atoms with E-state index in [9.17, 15) is 0 Å². The summed E-state index contributed by atoms with van der Waals surface area (Å²) in [6, 6.07) is 3.57. The van der Waals surface area contributed by atoms with Gasteiger partial charge in [0.25, 0.3) is 0 Å². The maximum Gasteiger partial charge on any atom is 0.127 e. The zero-order valence-electron chi connectivity index (χ0n) is 9.94. The zero-order chi connectivity index (χ0) is 11.8. The van der Waals surface area contributed by atoms with Crippen LogP contribution in [0.15, 0.2) is 0 Å². The molecule has 17 heavy (non-hydrogen) atoms. The van der Waals surface area contributed by atoms with Crippen LogP contribution >= 0.6 is 11.5 Å². The lowest BCUT2D eigenvalue weighted by Gasteiger charge is -2.15. The van der Waals surface area contributed by atoms with Crippen molar-refractivity contribution < 1.29 is 0 Å². The molecule has 2 aliphatic rings. The van der Waals surface area contributed by atoms with E-state index in [4.69, 9.17) is 5.26 Å². The number of hydrogen-bond donors (Lipinski definition) is 1. The summed E-state index contributed by atoms with van der Waals surface area (Å²) in [7, 11) is 0. The zero-order valence-corrected chi connectivity index (χ0v) is 10.8. The number of aromatic nitrogens is 1. The van der Waals surface area contributed by atoms with E-state index in [1.165, 1.54) is 37.3 Å². The van der Waals surface area contributed by atoms with Gasteiger partial charge in [-0.2, -0.15) is 9.64 Å². The second kappa shape index (κ2) is 4.28. The largest absolute Gasteiger partial charge is 0.370 e. The Bertz CT molecular complexity index is 458. The molecule has 3 rings (SSSR count). The van der Waals surface area contributed by atoms with Crippen molar-refractivity contribution in [2.75, 3.05) is 18.4 Å². The van der Waals surface area contributed by atoms with Crippen LogP contribution in [0.4, 0.5) is 5.00 Å². The second-order valence-electron chi connectivity index (χ2n) is 4.94. The van der Waals surface area contributed by atoms with Gasteiger partial charge in [-0.05, 0) is 37.7 Å². The Hall–Kier alpha value is -1.12. The van der Waals surface area contributed by atoms with Gasteiger partial charge in [-0.15, -0.1) is 0 Å². The summed E-state index contributed by atoms with van der Waals surface area (Å²) in [5, 5.41) is 13.5. The smallest absolute Gasteiger partial charge is 0.127 e. The molecule has 0 aromatic carbocycles. The van der Waals surface area contributed by atoms with Crippen LogP contribution in [0.5, 0.6) is 0 Å². The van der Waals surface area contributed by atoms with E-state index in [1.807, 2.05) is 6.92 Å². The first kappa shape index (κ1) is 11.0. The average molecular weight is 248 g/mol. The molecule has 1 N–H and O–H groups in total. The molecule has 4 nitrogen and oxygen atoms in total. The molecule has 1 atom stereocenters. The first-order valence-corrected chi connectivity index (χ1v) is 6.92. The Morgan fingerprint density at radius 3 is 3.00 bits per heavy atom. The highest BCUT2D eigenvalue weighted by Gasteiger charge is 2.34. The molecule has 1 aliphatic heterocycles. The van der Waals surface area contributed by atoms with Crippen molar-refractivity contribution in [1.82, 2.24) is 9.27 Å². The standard InChI is InChI=1S/C12H16N4S/c1-8-11(6-13)12(17-15-8)14-9-4-5-16(7-9)10-2-3-10/h9-10,14H,2-5,7H2,1H3. The predicted molar refractivity (Wildman–Crippen MR) is 68.2 cm³/mol. The summed E-state index contributed by atoms with van der Waals surface area (Å²) in [4.78, 5) is 2.57. The van der Waals surface area contributed by atoms with Gasteiger partial charge in [0.1, 0.15) is 16.6 Å². The van der Waals surface area contributed by atoms with Crippen molar-refractivity contribution in [2.24, 2.45) is 0 Å². The molecule has 90 valence electrons. The molecule has 2 fully saturated rings. The SMILES string of the molecule is Cc1nsc(NC2CCN(C3CC3)C2)c1C#N. The third-order valence-corrected chi connectivity index (χ3v) is 4.46. The Labute approximate surface area is 105 Å². The Kier molecular flexibility index (Phi) is 2.77. The number of hydrogen-bond acceptors (Lipinski definition) is 5. The summed E-state index contributed by atoms with van der Waals surface area (Å²) < 4.78 is 4.24. The highest BCUT2D eigenvalue weighted by molar-refractivity contribution is 7.10. The summed E-state index contributed by atoms with van der Waals surface area (Å²) in [5.74, 6) is 0. The molecular weight excluding hydrogens is 232 g/mol. The third-order valence-electron chi connectivity index (χ3n) is 3.59. The lowest BCUT2D eigenvalue weighted by molar-refractivity contribution is 0.326. The van der Waals surface area contributed by atoms with E-state index in [1.54, 1.807) is 0 Å². The van der Waals surface area contributed by atoms with Crippen LogP contribution in [0.25, 0.3) is 0 Å². The Balaban J connectivity index is 1.65. The van der Waals surface area contributed by atoms with E-state index in [0.717, 1.165) is 28.8 Å². The maximum absolute atomic E-state index is 9.08. The lowest BCUT2D eigenvalue weighted by Crippen LogP contribution is -2.27. The molecular formula is C12H16N4S. The third kappa shape index (κ3) is 2.15. The molecule has 2 heterocycles. The maximum atomic E-state index is 9.08. The van der Waals surface area contributed by atoms with Crippen LogP contribution < -0.4 is 5.32 Å². The second-order valence-corrected chi connectivity index (χ2v) is 5.71. The van der Waals surface area contributed by atoms with Gasteiger partial charge in [0.2, 0.25) is 0 Å². The number of rotatable bonds is 3. The van der Waals surface area contributed by atoms with Gasteiger partial charge in [-0.1, -0.05) is 0 Å². The van der Waals surface area contributed by atoms with Gasteiger partial charge in [0, 0.05) is 25.2 Å². The predicted octanol–water partition coefficient (Wildman–Crippen LogP) is 1.97. The number of anilines is 1. The minimum absolute atomic E-state index is 0.488. The minimum atomic E-state index is 0.488. The molecule has 0 amide bonds. The van der Waals surface area contributed by atoms with Gasteiger partial charge >= 0.3 is 0 Å².